The summed E-state index contributed by atoms with van der Waals surface area (Å²) in [6.45, 7) is 0.575. The molecule has 0 atom stereocenters. The normalized spacial score (nSPS) is 16.4. The Morgan fingerprint density at radius 3 is 2.36 bits per heavy atom. The van der Waals surface area contributed by atoms with Gasteiger partial charge in [0.15, 0.2) is 5.76 Å². The minimum atomic E-state index is -1.30. The quantitative estimate of drug-likeness (QED) is 0.884. The van der Waals surface area contributed by atoms with Crippen LogP contribution >= 0.6 is 0 Å². The van der Waals surface area contributed by atoms with Crippen LogP contribution in [0.4, 0.5) is 8.78 Å². The molecule has 0 saturated carbocycles. The van der Waals surface area contributed by atoms with Crippen LogP contribution < -0.4 is 5.32 Å². The molecule has 2 heterocycles. The lowest BCUT2D eigenvalue weighted by molar-refractivity contribution is 0.0325. The van der Waals surface area contributed by atoms with Gasteiger partial charge < -0.3 is 19.6 Å². The van der Waals surface area contributed by atoms with Crippen LogP contribution in [-0.2, 0) is 10.3 Å². The van der Waals surface area contributed by atoms with E-state index in [4.69, 9.17) is 14.3 Å². The lowest BCUT2D eigenvalue weighted by Gasteiger charge is -2.38. The molecule has 1 aliphatic heterocycles. The fourth-order valence-corrected chi connectivity index (χ4v) is 2.91. The van der Waals surface area contributed by atoms with Crippen molar-refractivity contribution in [1.29, 1.82) is 0 Å². The molecule has 6 nitrogen and oxygen atoms in total. The van der Waals surface area contributed by atoms with E-state index in [0.29, 0.717) is 0 Å². The molecule has 1 aromatic heterocycles. The third-order valence-corrected chi connectivity index (χ3v) is 4.19. The van der Waals surface area contributed by atoms with Crippen molar-refractivity contribution >= 4 is 11.9 Å². The van der Waals surface area contributed by atoms with Crippen molar-refractivity contribution in [2.45, 2.75) is 18.4 Å². The maximum atomic E-state index is 14.3. The Morgan fingerprint density at radius 1 is 1.08 bits per heavy atom. The summed E-state index contributed by atoms with van der Waals surface area (Å²) in [6.07, 6.45) is 0.571. The molecule has 1 fully saturated rings. The van der Waals surface area contributed by atoms with Crippen LogP contribution in [0.5, 0.6) is 0 Å². The van der Waals surface area contributed by atoms with Crippen LogP contribution in [0.2, 0.25) is 0 Å². The molecule has 0 spiro atoms. The second-order valence-corrected chi connectivity index (χ2v) is 5.74. The first kappa shape index (κ1) is 17.1. The van der Waals surface area contributed by atoms with Crippen molar-refractivity contribution < 1.29 is 32.6 Å². The second-order valence-electron chi connectivity index (χ2n) is 5.74. The van der Waals surface area contributed by atoms with E-state index < -0.39 is 29.0 Å². The molecule has 1 amide bonds. The van der Waals surface area contributed by atoms with Crippen LogP contribution in [0, 0.1) is 11.6 Å². The Labute approximate surface area is 141 Å². The summed E-state index contributed by atoms with van der Waals surface area (Å²) in [5.74, 6) is -4.05. The molecule has 2 aromatic rings. The van der Waals surface area contributed by atoms with E-state index in [2.05, 4.69) is 5.32 Å². The third kappa shape index (κ3) is 3.39. The molecule has 25 heavy (non-hydrogen) atoms. The maximum Gasteiger partial charge on any atom is 0.371 e. The number of hydrogen-bond acceptors (Lipinski definition) is 4. The van der Waals surface area contributed by atoms with Crippen LogP contribution in [0.25, 0.3) is 0 Å². The summed E-state index contributed by atoms with van der Waals surface area (Å²) in [4.78, 5) is 23.3. The van der Waals surface area contributed by atoms with Crippen molar-refractivity contribution in [2.24, 2.45) is 0 Å². The monoisotopic (exact) mass is 351 g/mol. The van der Waals surface area contributed by atoms with Gasteiger partial charge in [-0.1, -0.05) is 6.07 Å². The molecular weight excluding hydrogens is 336 g/mol. The highest BCUT2D eigenvalue weighted by Gasteiger charge is 2.39. The van der Waals surface area contributed by atoms with E-state index in [1.807, 2.05) is 0 Å². The van der Waals surface area contributed by atoms with Gasteiger partial charge in [-0.15, -0.1) is 0 Å². The SMILES string of the molecule is O=C(O)c1ccc(C(=O)NC2(c3ccc(F)cc3F)CCOCC2)o1. The van der Waals surface area contributed by atoms with E-state index in [1.165, 1.54) is 12.1 Å². The number of ether oxygens (including phenoxy) is 1. The molecule has 0 radical (unpaired) electrons. The zero-order valence-electron chi connectivity index (χ0n) is 13.1. The van der Waals surface area contributed by atoms with Gasteiger partial charge in [0.05, 0.1) is 5.54 Å². The lowest BCUT2D eigenvalue weighted by atomic mass is 9.82. The maximum absolute atomic E-state index is 14.3. The molecular formula is C17H15F2NO5. The molecule has 8 heteroatoms. The number of amides is 1. The van der Waals surface area contributed by atoms with Crippen molar-refractivity contribution in [3.8, 4) is 0 Å². The van der Waals surface area contributed by atoms with Gasteiger partial charge in [0.1, 0.15) is 11.6 Å². The fourth-order valence-electron chi connectivity index (χ4n) is 2.91. The number of nitrogens with one attached hydrogen (secondary N) is 1. The first-order chi connectivity index (χ1) is 11.9. The predicted octanol–water partition coefficient (Wildman–Crippen LogP) is 2.69. The van der Waals surface area contributed by atoms with Crippen molar-refractivity contribution in [1.82, 2.24) is 5.32 Å². The van der Waals surface area contributed by atoms with Gasteiger partial charge in [-0.3, -0.25) is 4.79 Å². The number of carboxylic acid groups (broad SMARTS) is 1. The highest BCUT2D eigenvalue weighted by Crippen LogP contribution is 2.34. The molecule has 0 unspecified atom stereocenters. The average Bonchev–Trinajstić information content (AvgIpc) is 3.06. The van der Waals surface area contributed by atoms with E-state index >= 15 is 0 Å². The Hall–Kier alpha value is -2.74. The highest BCUT2D eigenvalue weighted by molar-refractivity contribution is 5.94. The number of carboxylic acids is 1. The van der Waals surface area contributed by atoms with Crippen LogP contribution in [-0.4, -0.2) is 30.2 Å². The number of benzene rings is 1. The number of furan rings is 1. The van der Waals surface area contributed by atoms with Gasteiger partial charge >= 0.3 is 5.97 Å². The summed E-state index contributed by atoms with van der Waals surface area (Å²) in [5.41, 5.74) is -0.945. The van der Waals surface area contributed by atoms with Crippen molar-refractivity contribution in [2.75, 3.05) is 13.2 Å². The van der Waals surface area contributed by atoms with Crippen molar-refractivity contribution in [3.05, 3.63) is 59.1 Å². The smallest absolute Gasteiger partial charge is 0.371 e. The zero-order valence-corrected chi connectivity index (χ0v) is 13.1. The minimum absolute atomic E-state index is 0.149. The van der Waals surface area contributed by atoms with E-state index in [1.54, 1.807) is 0 Å². The van der Waals surface area contributed by atoms with Gasteiger partial charge in [-0.25, -0.2) is 13.6 Å². The number of carbonyl (C=O) groups excluding carboxylic acids is 1. The molecule has 1 aromatic carbocycles. The summed E-state index contributed by atoms with van der Waals surface area (Å²) in [6, 6.07) is 5.56. The number of hydrogen-bond donors (Lipinski definition) is 2. The summed E-state index contributed by atoms with van der Waals surface area (Å²) in [5, 5.41) is 11.6. The Morgan fingerprint density at radius 2 is 1.76 bits per heavy atom. The molecule has 2 N–H and O–H groups in total. The van der Waals surface area contributed by atoms with Gasteiger partial charge in [0, 0.05) is 24.8 Å². The Kier molecular flexibility index (Phi) is 4.54. The van der Waals surface area contributed by atoms with Gasteiger partial charge in [0.25, 0.3) is 5.91 Å². The first-order valence-electron chi connectivity index (χ1n) is 7.60. The van der Waals surface area contributed by atoms with E-state index in [0.717, 1.165) is 18.2 Å². The number of aromatic carboxylic acids is 1. The topological polar surface area (TPSA) is 88.8 Å². The first-order valence-corrected chi connectivity index (χ1v) is 7.60. The van der Waals surface area contributed by atoms with Crippen LogP contribution in [0.1, 0.15) is 39.5 Å². The molecule has 1 aliphatic rings. The molecule has 0 aliphatic carbocycles. The summed E-state index contributed by atoms with van der Waals surface area (Å²) < 4.78 is 37.8. The van der Waals surface area contributed by atoms with Gasteiger partial charge in [-0.05, 0) is 31.0 Å². The molecule has 0 bridgehead atoms. The Bertz CT molecular complexity index is 811. The molecule has 3 rings (SSSR count). The van der Waals surface area contributed by atoms with E-state index in [-0.39, 0.29) is 43.1 Å². The Balaban J connectivity index is 1.92. The largest absolute Gasteiger partial charge is 0.475 e. The summed E-state index contributed by atoms with van der Waals surface area (Å²) >= 11 is 0. The van der Waals surface area contributed by atoms with E-state index in [9.17, 15) is 18.4 Å². The second kappa shape index (κ2) is 6.64. The van der Waals surface area contributed by atoms with Crippen LogP contribution in [0.3, 0.4) is 0 Å². The zero-order chi connectivity index (χ0) is 18.0. The highest BCUT2D eigenvalue weighted by atomic mass is 19.1. The molecule has 1 saturated heterocycles. The standard InChI is InChI=1S/C17H15F2NO5/c18-10-1-2-11(12(19)9-10)17(5-7-24-8-6-17)20-15(21)13-3-4-14(25-13)16(22)23/h1-4,9H,5-8H2,(H,20,21)(H,22,23). The lowest BCUT2D eigenvalue weighted by Crippen LogP contribution is -2.50. The number of rotatable bonds is 4. The van der Waals surface area contributed by atoms with Gasteiger partial charge in [0.2, 0.25) is 5.76 Å². The fraction of sp³-hybridized carbons (Fsp3) is 0.294. The van der Waals surface area contributed by atoms with Crippen molar-refractivity contribution in [3.63, 3.8) is 0 Å². The third-order valence-electron chi connectivity index (χ3n) is 4.19. The number of carbonyl (C=O) groups is 2. The predicted molar refractivity (Wildman–Crippen MR) is 81.2 cm³/mol. The van der Waals surface area contributed by atoms with Gasteiger partial charge in [-0.2, -0.15) is 0 Å². The minimum Gasteiger partial charge on any atom is -0.475 e. The number of halogens is 2. The van der Waals surface area contributed by atoms with Crippen LogP contribution in [0.15, 0.2) is 34.7 Å². The average molecular weight is 351 g/mol. The molecule has 132 valence electrons. The summed E-state index contributed by atoms with van der Waals surface area (Å²) in [7, 11) is 0.